The highest BCUT2D eigenvalue weighted by molar-refractivity contribution is 5.80. The van der Waals surface area contributed by atoms with Gasteiger partial charge >= 0.3 is 0 Å². The number of unbranched alkanes of at least 4 members (excludes halogenated alkanes) is 42. The molecule has 5 heteroatoms. The summed E-state index contributed by atoms with van der Waals surface area (Å²) in [7, 11) is 0. The summed E-state index contributed by atoms with van der Waals surface area (Å²) in [5, 5.41) is 33.3. The molecular formula is C63H119NO4. The summed E-state index contributed by atoms with van der Waals surface area (Å²) in [6.07, 6.45) is 78.0. The fourth-order valence-electron chi connectivity index (χ4n) is 9.39. The number of aliphatic hydroxyl groups excluding tert-OH is 3. The van der Waals surface area contributed by atoms with E-state index in [1.165, 1.54) is 257 Å². The number of carbonyl (C=O) groups excluding carboxylic acids is 1. The molecule has 3 unspecified atom stereocenters. The molecule has 0 heterocycles. The molecule has 0 aromatic rings. The summed E-state index contributed by atoms with van der Waals surface area (Å²) >= 11 is 0. The van der Waals surface area contributed by atoms with Crippen LogP contribution in [0.2, 0.25) is 0 Å². The van der Waals surface area contributed by atoms with E-state index >= 15 is 0 Å². The van der Waals surface area contributed by atoms with E-state index in [4.69, 9.17) is 0 Å². The van der Waals surface area contributed by atoms with Gasteiger partial charge in [-0.2, -0.15) is 0 Å². The fourth-order valence-corrected chi connectivity index (χ4v) is 9.39. The van der Waals surface area contributed by atoms with Gasteiger partial charge < -0.3 is 20.6 Å². The molecule has 400 valence electrons. The lowest BCUT2D eigenvalue weighted by Gasteiger charge is -2.21. The Hall–Kier alpha value is -1.69. The number of aliphatic hydroxyl groups is 3. The minimum absolute atomic E-state index is 0.381. The molecule has 0 bridgehead atoms. The predicted octanol–water partition coefficient (Wildman–Crippen LogP) is 19.2. The van der Waals surface area contributed by atoms with Gasteiger partial charge in [-0.15, -0.1) is 0 Å². The summed E-state index contributed by atoms with van der Waals surface area (Å²) in [5.74, 6) is -0.514. The van der Waals surface area contributed by atoms with Crippen molar-refractivity contribution in [1.82, 2.24) is 5.32 Å². The SMILES string of the molecule is CCCCCCCC/C=C/CC/C=C/CC/C=C/C(O)C(CO)NC(=O)C(O)CCCCCCCCCCCCCCCCCC/C=C\CCCCCCCCCCCCCCCCCCCC. The molecule has 0 aliphatic carbocycles. The largest absolute Gasteiger partial charge is 0.394 e. The Bertz CT molecular complexity index is 1100. The van der Waals surface area contributed by atoms with Crippen molar-refractivity contribution in [2.45, 2.75) is 340 Å². The third-order valence-corrected chi connectivity index (χ3v) is 14.1. The van der Waals surface area contributed by atoms with E-state index in [1.54, 1.807) is 6.08 Å². The molecule has 0 aromatic heterocycles. The van der Waals surface area contributed by atoms with E-state index in [2.05, 4.69) is 55.6 Å². The zero-order valence-electron chi connectivity index (χ0n) is 45.7. The lowest BCUT2D eigenvalue weighted by molar-refractivity contribution is -0.131. The average Bonchev–Trinajstić information content (AvgIpc) is 3.34. The molecule has 3 atom stereocenters. The smallest absolute Gasteiger partial charge is 0.249 e. The molecule has 0 aliphatic heterocycles. The van der Waals surface area contributed by atoms with E-state index in [0.29, 0.717) is 6.42 Å². The maximum atomic E-state index is 12.5. The molecule has 0 aromatic carbocycles. The van der Waals surface area contributed by atoms with Gasteiger partial charge in [0.05, 0.1) is 18.8 Å². The van der Waals surface area contributed by atoms with Crippen LogP contribution in [-0.2, 0) is 4.79 Å². The lowest BCUT2D eigenvalue weighted by Crippen LogP contribution is -2.48. The first-order chi connectivity index (χ1) is 33.6. The van der Waals surface area contributed by atoms with Crippen LogP contribution in [0.15, 0.2) is 48.6 Å². The zero-order valence-corrected chi connectivity index (χ0v) is 45.7. The van der Waals surface area contributed by atoms with Crippen LogP contribution >= 0.6 is 0 Å². The number of allylic oxidation sites excluding steroid dienone is 7. The summed E-state index contributed by atoms with van der Waals surface area (Å²) < 4.78 is 0. The molecule has 0 spiro atoms. The highest BCUT2D eigenvalue weighted by atomic mass is 16.3. The first-order valence-electron chi connectivity index (χ1n) is 30.5. The predicted molar refractivity (Wildman–Crippen MR) is 301 cm³/mol. The number of hydrogen-bond acceptors (Lipinski definition) is 4. The Balaban J connectivity index is 3.50. The quantitative estimate of drug-likeness (QED) is 0.0361. The highest BCUT2D eigenvalue weighted by Crippen LogP contribution is 2.17. The highest BCUT2D eigenvalue weighted by Gasteiger charge is 2.22. The minimum atomic E-state index is -1.11. The zero-order chi connectivity index (χ0) is 49.3. The first kappa shape index (κ1) is 66.3. The summed E-state index contributed by atoms with van der Waals surface area (Å²) in [6, 6.07) is -0.821. The van der Waals surface area contributed by atoms with Crippen molar-refractivity contribution in [3.63, 3.8) is 0 Å². The third-order valence-electron chi connectivity index (χ3n) is 14.1. The van der Waals surface area contributed by atoms with Crippen LogP contribution in [0.3, 0.4) is 0 Å². The topological polar surface area (TPSA) is 89.8 Å². The second-order valence-corrected chi connectivity index (χ2v) is 20.9. The fraction of sp³-hybridized carbons (Fsp3) is 0.857. The maximum Gasteiger partial charge on any atom is 0.249 e. The van der Waals surface area contributed by atoms with Gasteiger partial charge in [-0.1, -0.05) is 300 Å². The second kappa shape index (κ2) is 57.9. The van der Waals surface area contributed by atoms with Gasteiger partial charge in [-0.25, -0.2) is 0 Å². The Morgan fingerprint density at radius 3 is 0.897 bits per heavy atom. The van der Waals surface area contributed by atoms with Crippen LogP contribution in [-0.4, -0.2) is 46.1 Å². The van der Waals surface area contributed by atoms with Gasteiger partial charge in [-0.3, -0.25) is 4.79 Å². The van der Waals surface area contributed by atoms with Crippen molar-refractivity contribution in [3.05, 3.63) is 48.6 Å². The number of carbonyl (C=O) groups is 1. The second-order valence-electron chi connectivity index (χ2n) is 20.9. The Kier molecular flexibility index (Phi) is 56.4. The van der Waals surface area contributed by atoms with E-state index in [1.807, 2.05) is 6.08 Å². The van der Waals surface area contributed by atoms with Gasteiger partial charge in [0.1, 0.15) is 6.10 Å². The average molecular weight is 955 g/mol. The van der Waals surface area contributed by atoms with Gasteiger partial charge in [0, 0.05) is 0 Å². The molecular weight excluding hydrogens is 835 g/mol. The molecule has 0 radical (unpaired) electrons. The van der Waals surface area contributed by atoms with Crippen LogP contribution in [0.5, 0.6) is 0 Å². The number of hydrogen-bond donors (Lipinski definition) is 4. The summed E-state index contributed by atoms with van der Waals surface area (Å²) in [5.41, 5.74) is 0. The van der Waals surface area contributed by atoms with Crippen LogP contribution in [0.25, 0.3) is 0 Å². The number of amides is 1. The van der Waals surface area contributed by atoms with Crippen molar-refractivity contribution in [1.29, 1.82) is 0 Å². The van der Waals surface area contributed by atoms with Gasteiger partial charge in [0.25, 0.3) is 0 Å². The Morgan fingerprint density at radius 2 is 0.603 bits per heavy atom. The van der Waals surface area contributed by atoms with Crippen molar-refractivity contribution >= 4 is 5.91 Å². The molecule has 5 nitrogen and oxygen atoms in total. The van der Waals surface area contributed by atoms with Crippen LogP contribution in [0, 0.1) is 0 Å². The minimum Gasteiger partial charge on any atom is -0.394 e. The van der Waals surface area contributed by atoms with E-state index < -0.39 is 24.2 Å². The van der Waals surface area contributed by atoms with Gasteiger partial charge in [-0.05, 0) is 70.6 Å². The molecule has 0 saturated carbocycles. The van der Waals surface area contributed by atoms with Crippen LogP contribution in [0.1, 0.15) is 322 Å². The van der Waals surface area contributed by atoms with Crippen LogP contribution < -0.4 is 5.32 Å². The molecule has 0 rings (SSSR count). The number of nitrogens with one attached hydrogen (secondary N) is 1. The lowest BCUT2D eigenvalue weighted by atomic mass is 10.0. The van der Waals surface area contributed by atoms with Crippen molar-refractivity contribution in [3.8, 4) is 0 Å². The molecule has 0 fully saturated rings. The third kappa shape index (κ3) is 52.1. The Morgan fingerprint density at radius 1 is 0.353 bits per heavy atom. The van der Waals surface area contributed by atoms with E-state index in [9.17, 15) is 20.1 Å². The molecule has 4 N–H and O–H groups in total. The first-order valence-corrected chi connectivity index (χ1v) is 30.5. The maximum absolute atomic E-state index is 12.5. The Labute approximate surface area is 425 Å². The molecule has 0 saturated heterocycles. The van der Waals surface area contributed by atoms with Crippen molar-refractivity contribution in [2.75, 3.05) is 6.61 Å². The molecule has 1 amide bonds. The standard InChI is InChI=1S/C63H119NO4/c1-3-5-7-9-11-13-15-17-19-21-22-23-24-25-26-27-28-29-30-31-32-33-34-35-36-37-38-39-40-41-42-44-46-48-50-52-54-56-58-62(67)63(68)64-60(59-65)61(66)57-55-53-51-49-47-45-43-20-18-16-14-12-10-8-6-4-2/h18,20,31-32,47,49,55,57,60-62,65-67H,3-17,19,21-30,33-46,48,50-54,56,58-59H2,1-2H3,(H,64,68)/b20-18+,32-31-,49-47+,57-55+. The number of rotatable bonds is 56. The van der Waals surface area contributed by atoms with E-state index in [0.717, 1.165) is 44.9 Å². The molecule has 0 aliphatic rings. The van der Waals surface area contributed by atoms with Crippen LogP contribution in [0.4, 0.5) is 0 Å². The van der Waals surface area contributed by atoms with Gasteiger partial charge in [0.2, 0.25) is 5.91 Å². The van der Waals surface area contributed by atoms with Crippen molar-refractivity contribution in [2.24, 2.45) is 0 Å². The summed E-state index contributed by atoms with van der Waals surface area (Å²) in [6.45, 7) is 4.18. The van der Waals surface area contributed by atoms with Crippen molar-refractivity contribution < 1.29 is 20.1 Å². The van der Waals surface area contributed by atoms with Gasteiger partial charge in [0.15, 0.2) is 0 Å². The molecule has 68 heavy (non-hydrogen) atoms. The van der Waals surface area contributed by atoms with E-state index in [-0.39, 0.29) is 6.61 Å². The summed E-state index contributed by atoms with van der Waals surface area (Å²) in [4.78, 5) is 12.5. The monoisotopic (exact) mass is 954 g/mol. The normalized spacial score (nSPS) is 13.5.